The highest BCUT2D eigenvalue weighted by Crippen LogP contribution is 2.68. The molecule has 2 aliphatic rings. The van der Waals surface area contributed by atoms with Gasteiger partial charge in [0, 0.05) is 43.6 Å². The van der Waals surface area contributed by atoms with E-state index in [2.05, 4.69) is 252 Å². The van der Waals surface area contributed by atoms with Gasteiger partial charge in [0.15, 0.2) is 0 Å². The Hall–Kier alpha value is -7.98. The summed E-state index contributed by atoms with van der Waals surface area (Å²) >= 11 is 1.93. The molecule has 2 nitrogen and oxygen atoms in total. The molecule has 1 spiro atoms. The number of hydrogen-bond acceptors (Lipinski definition) is 3. The second-order valence-corrected chi connectivity index (χ2v) is 17.8. The molecule has 1 aromatic heterocycles. The highest BCUT2D eigenvalue weighted by Gasteiger charge is 2.55. The first kappa shape index (κ1) is 36.7. The van der Waals surface area contributed by atoms with Crippen molar-refractivity contribution in [3.8, 4) is 32.7 Å². The molecule has 300 valence electrons. The number of fused-ring (bicyclic) bond motifs is 13. The molecular weight excluding hydrogens is 793 g/mol. The summed E-state index contributed by atoms with van der Waals surface area (Å²) in [6.07, 6.45) is 0. The van der Waals surface area contributed by atoms with Gasteiger partial charge in [-0.25, -0.2) is 0 Å². The summed E-state index contributed by atoms with van der Waals surface area (Å²) in [7, 11) is 0. The summed E-state index contributed by atoms with van der Waals surface area (Å²) in [6.45, 7) is 0. The largest absolute Gasteiger partial charge is 0.310 e. The molecule has 0 amide bonds. The van der Waals surface area contributed by atoms with Gasteiger partial charge in [-0.1, -0.05) is 170 Å². The van der Waals surface area contributed by atoms with Crippen LogP contribution >= 0.6 is 11.3 Å². The van der Waals surface area contributed by atoms with Crippen LogP contribution in [0.2, 0.25) is 0 Å². The second-order valence-electron chi connectivity index (χ2n) is 16.8. The molecule has 1 atom stereocenters. The van der Waals surface area contributed by atoms with Crippen LogP contribution in [0.25, 0.3) is 53.6 Å². The normalized spacial score (nSPS) is 14.3. The zero-order valence-corrected chi connectivity index (χ0v) is 35.7. The Morgan fingerprint density at radius 2 is 0.859 bits per heavy atom. The quantitative estimate of drug-likeness (QED) is 0.158. The Bertz CT molecular complexity index is 3510. The third kappa shape index (κ3) is 5.38. The number of anilines is 6. The summed E-state index contributed by atoms with van der Waals surface area (Å²) in [4.78, 5) is 6.24. The van der Waals surface area contributed by atoms with E-state index in [1.165, 1.54) is 81.5 Å². The van der Waals surface area contributed by atoms with E-state index in [4.69, 9.17) is 0 Å². The van der Waals surface area contributed by atoms with Crippen LogP contribution < -0.4 is 9.80 Å². The Kier molecular flexibility index (Phi) is 8.34. The Morgan fingerprint density at radius 3 is 1.61 bits per heavy atom. The molecule has 0 aliphatic heterocycles. The van der Waals surface area contributed by atoms with Crippen LogP contribution in [0.5, 0.6) is 0 Å². The predicted molar refractivity (Wildman–Crippen MR) is 270 cm³/mol. The van der Waals surface area contributed by atoms with Crippen LogP contribution in [-0.4, -0.2) is 0 Å². The zero-order valence-electron chi connectivity index (χ0n) is 34.9. The van der Waals surface area contributed by atoms with Gasteiger partial charge in [-0.05, 0) is 133 Å². The van der Waals surface area contributed by atoms with Crippen molar-refractivity contribution in [3.05, 3.63) is 265 Å². The van der Waals surface area contributed by atoms with Gasteiger partial charge in [-0.15, -0.1) is 11.3 Å². The fourth-order valence-electron chi connectivity index (χ4n) is 10.9. The Labute approximate surface area is 377 Å². The molecule has 13 rings (SSSR count). The predicted octanol–water partition coefficient (Wildman–Crippen LogP) is 17.0. The molecule has 2 aliphatic carbocycles. The van der Waals surface area contributed by atoms with Gasteiger partial charge in [-0.3, -0.25) is 0 Å². The van der Waals surface area contributed by atoms with Gasteiger partial charge in [0.1, 0.15) is 0 Å². The minimum atomic E-state index is -0.620. The highest BCUT2D eigenvalue weighted by atomic mass is 32.1. The first-order valence-electron chi connectivity index (χ1n) is 22.0. The smallest absolute Gasteiger partial charge is 0.0761 e. The molecule has 11 aromatic rings. The third-order valence-corrected chi connectivity index (χ3v) is 14.6. The molecule has 0 bridgehead atoms. The monoisotopic (exact) mass is 832 g/mol. The second kappa shape index (κ2) is 14.6. The van der Waals surface area contributed by atoms with E-state index < -0.39 is 5.41 Å². The standard InChI is InChI=1S/C61H40N2S/c1-4-20-43(21-5-1)62(46-36-34-42(35-37-46)49-29-16-19-41-18-10-11-26-48(41)49)47-38-39-51-50-27-12-14-31-54(50)61(55(51)40-47)58-53(60-59(61)52-28-13-15-33-57(52)64-60)30-17-32-56(58)63(44-22-6-2-7-23-44)45-24-8-3-9-25-45/h1-40H. The van der Waals surface area contributed by atoms with E-state index in [1.807, 2.05) is 11.3 Å². The SMILES string of the molecule is c1ccc(N(c2ccc(-c3cccc4ccccc34)cc2)c2ccc3c(c2)C2(c4ccccc4-3)c3c(cccc3N(c3ccccc3)c3ccccc3)-c3sc4ccccc4c32)cc1. The van der Waals surface area contributed by atoms with Crippen molar-refractivity contribution in [3.63, 3.8) is 0 Å². The lowest BCUT2D eigenvalue weighted by Gasteiger charge is -2.36. The van der Waals surface area contributed by atoms with Crippen LogP contribution in [0.3, 0.4) is 0 Å². The highest BCUT2D eigenvalue weighted by molar-refractivity contribution is 7.22. The van der Waals surface area contributed by atoms with Gasteiger partial charge < -0.3 is 9.80 Å². The topological polar surface area (TPSA) is 6.48 Å². The van der Waals surface area contributed by atoms with Gasteiger partial charge in [0.05, 0.1) is 11.1 Å². The van der Waals surface area contributed by atoms with E-state index in [0.29, 0.717) is 0 Å². The maximum Gasteiger partial charge on any atom is 0.0761 e. The molecule has 1 heterocycles. The first-order chi connectivity index (χ1) is 31.8. The minimum absolute atomic E-state index is 0.620. The third-order valence-electron chi connectivity index (χ3n) is 13.4. The van der Waals surface area contributed by atoms with Crippen LogP contribution in [0.4, 0.5) is 34.1 Å². The molecular formula is C61H40N2S. The van der Waals surface area contributed by atoms with Crippen molar-refractivity contribution < 1.29 is 0 Å². The first-order valence-corrected chi connectivity index (χ1v) is 22.8. The fourth-order valence-corrected chi connectivity index (χ4v) is 12.2. The maximum atomic E-state index is 2.51. The van der Waals surface area contributed by atoms with E-state index in [1.54, 1.807) is 0 Å². The fraction of sp³-hybridized carbons (Fsp3) is 0.0164. The molecule has 3 heteroatoms. The van der Waals surface area contributed by atoms with Crippen molar-refractivity contribution in [2.75, 3.05) is 9.80 Å². The lowest BCUT2D eigenvalue weighted by atomic mass is 9.69. The zero-order chi connectivity index (χ0) is 42.2. The summed E-state index contributed by atoms with van der Waals surface area (Å²) in [5, 5.41) is 3.82. The lowest BCUT2D eigenvalue weighted by molar-refractivity contribution is 0.801. The van der Waals surface area contributed by atoms with E-state index >= 15 is 0 Å². The van der Waals surface area contributed by atoms with Crippen molar-refractivity contribution >= 4 is 66.3 Å². The number of hydrogen-bond donors (Lipinski definition) is 0. The Balaban J connectivity index is 1.08. The number of benzene rings is 10. The number of rotatable bonds is 7. The van der Waals surface area contributed by atoms with E-state index in [-0.39, 0.29) is 0 Å². The molecule has 0 saturated heterocycles. The maximum absolute atomic E-state index is 2.51. The van der Waals surface area contributed by atoms with Crippen molar-refractivity contribution in [2.24, 2.45) is 0 Å². The lowest BCUT2D eigenvalue weighted by Crippen LogP contribution is -2.28. The summed E-state index contributed by atoms with van der Waals surface area (Å²) < 4.78 is 1.31. The molecule has 10 aromatic carbocycles. The summed E-state index contributed by atoms with van der Waals surface area (Å²) in [5.74, 6) is 0. The van der Waals surface area contributed by atoms with Gasteiger partial charge in [0.2, 0.25) is 0 Å². The van der Waals surface area contributed by atoms with E-state index in [9.17, 15) is 0 Å². The molecule has 0 fully saturated rings. The van der Waals surface area contributed by atoms with Crippen LogP contribution in [0.15, 0.2) is 243 Å². The van der Waals surface area contributed by atoms with E-state index in [0.717, 1.165) is 28.4 Å². The summed E-state index contributed by atoms with van der Waals surface area (Å²) in [6, 6.07) is 89.4. The minimum Gasteiger partial charge on any atom is -0.310 e. The van der Waals surface area contributed by atoms with Gasteiger partial charge in [-0.2, -0.15) is 0 Å². The van der Waals surface area contributed by atoms with Crippen molar-refractivity contribution in [1.82, 2.24) is 0 Å². The average Bonchev–Trinajstić information content (AvgIpc) is 3.99. The molecule has 0 N–H and O–H groups in total. The molecule has 1 unspecified atom stereocenters. The number of thiophene rings is 1. The summed E-state index contributed by atoms with van der Waals surface area (Å²) in [5.41, 5.74) is 17.8. The molecule has 0 radical (unpaired) electrons. The van der Waals surface area contributed by atoms with Crippen LogP contribution in [0.1, 0.15) is 22.3 Å². The Morgan fingerprint density at radius 1 is 0.328 bits per heavy atom. The molecule has 0 saturated carbocycles. The van der Waals surface area contributed by atoms with Crippen LogP contribution in [0, 0.1) is 0 Å². The number of nitrogens with zero attached hydrogens (tertiary/aromatic N) is 2. The average molecular weight is 833 g/mol. The number of para-hydroxylation sites is 3. The van der Waals surface area contributed by atoms with Crippen LogP contribution in [-0.2, 0) is 5.41 Å². The van der Waals surface area contributed by atoms with Gasteiger partial charge in [0.25, 0.3) is 0 Å². The molecule has 64 heavy (non-hydrogen) atoms. The van der Waals surface area contributed by atoms with Crippen molar-refractivity contribution in [1.29, 1.82) is 0 Å². The van der Waals surface area contributed by atoms with Crippen molar-refractivity contribution in [2.45, 2.75) is 5.41 Å². The van der Waals surface area contributed by atoms with Gasteiger partial charge >= 0.3 is 0 Å².